The fourth-order valence-electron chi connectivity index (χ4n) is 10.4. The first kappa shape index (κ1) is 72.8. The van der Waals surface area contributed by atoms with Crippen molar-refractivity contribution in [2.45, 2.75) is 158 Å². The highest BCUT2D eigenvalue weighted by Gasteiger charge is 2.34. The van der Waals surface area contributed by atoms with Crippen molar-refractivity contribution in [2.24, 2.45) is 0 Å². The van der Waals surface area contributed by atoms with Crippen molar-refractivity contribution in [3.8, 4) is 0 Å². The minimum atomic E-state index is -0.887. The Morgan fingerprint density at radius 1 is 0.351 bits per heavy atom. The number of benzene rings is 4. The molecule has 0 aliphatic carbocycles. The highest BCUT2D eigenvalue weighted by Crippen LogP contribution is 2.36. The van der Waals surface area contributed by atoms with Gasteiger partial charge in [0.2, 0.25) is 17.8 Å². The number of rotatable bonds is 7. The molecule has 94 heavy (non-hydrogen) atoms. The largest absolute Gasteiger partial charge is 0.444 e. The Labute approximate surface area is 553 Å². The van der Waals surface area contributed by atoms with Crippen molar-refractivity contribution >= 4 is 92.6 Å². The van der Waals surface area contributed by atoms with Gasteiger partial charge in [-0.2, -0.15) is 15.0 Å². The molecule has 3 heterocycles. The van der Waals surface area contributed by atoms with E-state index in [-0.39, 0.29) is 142 Å². The van der Waals surface area contributed by atoms with Crippen LogP contribution in [0.25, 0.3) is 32.3 Å². The smallest absolute Gasteiger partial charge is 0.410 e. The summed E-state index contributed by atoms with van der Waals surface area (Å²) in [4.78, 5) is 127. The van der Waals surface area contributed by atoms with E-state index >= 15 is 0 Å². The van der Waals surface area contributed by atoms with E-state index < -0.39 is 70.2 Å². The second-order valence-corrected chi connectivity index (χ2v) is 29.7. The fraction of sp³-hybridized carbons (Fsp3) is 0.618. The van der Waals surface area contributed by atoms with Gasteiger partial charge >= 0.3 is 36.6 Å². The first-order chi connectivity index (χ1) is 43.7. The second-order valence-electron chi connectivity index (χ2n) is 29.7. The summed E-state index contributed by atoms with van der Waals surface area (Å²) < 4.78 is 35.5. The van der Waals surface area contributed by atoms with Crippen LogP contribution < -0.4 is 20.4 Å². The zero-order chi connectivity index (χ0) is 69.3. The average molecular weight is 1310 g/mol. The Hall–Kier alpha value is -8.58. The van der Waals surface area contributed by atoms with Gasteiger partial charge in [0.1, 0.15) is 33.6 Å². The molecule has 2 N–H and O–H groups in total. The maximum Gasteiger partial charge on any atom is 0.410 e. The number of ether oxygens (including phenoxy) is 6. The van der Waals surface area contributed by atoms with Gasteiger partial charge in [-0.1, -0.05) is 48.5 Å². The summed E-state index contributed by atoms with van der Waals surface area (Å²) in [6, 6.07) is 18.1. The third-order valence-corrected chi connectivity index (χ3v) is 14.7. The number of hydrogen-bond acceptors (Lipinski definition) is 19. The highest BCUT2D eigenvalue weighted by molar-refractivity contribution is 6.26. The molecule has 0 atom stereocenters. The molecule has 2 aliphatic rings. The molecule has 516 valence electrons. The van der Waals surface area contributed by atoms with Gasteiger partial charge in [-0.15, -0.1) is 0 Å². The van der Waals surface area contributed by atoms with Crippen molar-refractivity contribution < 1.29 is 62.0 Å². The normalized spacial score (nSPS) is 16.1. The van der Waals surface area contributed by atoms with Gasteiger partial charge in [0.15, 0.2) is 0 Å². The summed E-state index contributed by atoms with van der Waals surface area (Å²) >= 11 is 0. The van der Waals surface area contributed by atoms with Gasteiger partial charge in [0.05, 0.1) is 0 Å². The Morgan fingerprint density at radius 3 is 0.936 bits per heavy atom. The monoisotopic (exact) mass is 1310 g/mol. The van der Waals surface area contributed by atoms with Gasteiger partial charge in [0.25, 0.3) is 5.91 Å². The number of nitrogens with one attached hydrogen (secondary N) is 2. The quantitative estimate of drug-likeness (QED) is 0.0871. The summed E-state index contributed by atoms with van der Waals surface area (Å²) in [6.07, 6.45) is -3.79. The zero-order valence-corrected chi connectivity index (χ0v) is 58.7. The van der Waals surface area contributed by atoms with Crippen molar-refractivity contribution in [3.05, 3.63) is 60.2 Å². The molecule has 5 aromatic rings. The first-order valence-electron chi connectivity index (χ1n) is 32.5. The highest BCUT2D eigenvalue weighted by atomic mass is 16.6. The predicted molar refractivity (Wildman–Crippen MR) is 362 cm³/mol. The van der Waals surface area contributed by atoms with Crippen LogP contribution in [0.1, 0.15) is 135 Å². The number of aromatic nitrogens is 3. The van der Waals surface area contributed by atoms with Crippen molar-refractivity contribution in [2.75, 3.05) is 133 Å². The van der Waals surface area contributed by atoms with Crippen LogP contribution in [0.4, 0.5) is 46.6 Å². The van der Waals surface area contributed by atoms with Crippen LogP contribution >= 0.6 is 0 Å². The Morgan fingerprint density at radius 2 is 0.628 bits per heavy atom. The molecule has 0 saturated carbocycles. The number of anilines is 3. The second kappa shape index (κ2) is 29.8. The minimum absolute atomic E-state index is 0.00956. The number of hydrogen-bond donors (Lipinski definition) is 2. The van der Waals surface area contributed by atoms with Crippen LogP contribution in [-0.2, 0) is 28.4 Å². The minimum Gasteiger partial charge on any atom is -0.444 e. The molecule has 4 aromatic carbocycles. The Balaban J connectivity index is 1.31. The van der Waals surface area contributed by atoms with E-state index in [2.05, 4.69) is 34.9 Å². The third kappa shape index (κ3) is 21.7. The van der Waals surface area contributed by atoms with Crippen LogP contribution in [0.3, 0.4) is 0 Å². The lowest BCUT2D eigenvalue weighted by molar-refractivity contribution is 0.00797. The molecule has 0 bridgehead atoms. The van der Waals surface area contributed by atoms with Crippen LogP contribution in [0.5, 0.6) is 0 Å². The van der Waals surface area contributed by atoms with E-state index in [0.29, 0.717) is 5.56 Å². The molecule has 2 saturated heterocycles. The van der Waals surface area contributed by atoms with E-state index in [0.717, 1.165) is 32.3 Å². The maximum absolute atomic E-state index is 14.3. The molecule has 0 radical (unpaired) electrons. The first-order valence-corrected chi connectivity index (χ1v) is 32.5. The summed E-state index contributed by atoms with van der Waals surface area (Å²) in [5.41, 5.74) is -4.73. The summed E-state index contributed by atoms with van der Waals surface area (Å²) in [5.74, 6) is 0.0132. The Bertz CT molecular complexity index is 3230. The molecule has 1 aromatic heterocycles. The number of carbonyl (C=O) groups is 7. The van der Waals surface area contributed by atoms with Crippen LogP contribution in [0.2, 0.25) is 0 Å². The lowest BCUT2D eigenvalue weighted by Crippen LogP contribution is -2.52. The van der Waals surface area contributed by atoms with E-state index in [9.17, 15) is 33.6 Å². The molecule has 26 nitrogen and oxygen atoms in total. The van der Waals surface area contributed by atoms with Gasteiger partial charge in [-0.3, -0.25) is 4.79 Å². The molecular formula is C68H101N13O13. The van der Waals surface area contributed by atoms with Crippen LogP contribution in [0, 0.1) is 0 Å². The third-order valence-electron chi connectivity index (χ3n) is 14.7. The van der Waals surface area contributed by atoms with Gasteiger partial charge in [0, 0.05) is 123 Å². The van der Waals surface area contributed by atoms with E-state index in [1.54, 1.807) is 125 Å². The average Bonchev–Trinajstić information content (AvgIpc) is 0.740. The van der Waals surface area contributed by atoms with E-state index in [4.69, 9.17) is 43.4 Å². The van der Waals surface area contributed by atoms with Gasteiger partial charge < -0.3 is 78.3 Å². The molecule has 7 rings (SSSR count). The van der Waals surface area contributed by atoms with Crippen LogP contribution in [0.15, 0.2) is 54.6 Å². The zero-order valence-electron chi connectivity index (χ0n) is 58.7. The van der Waals surface area contributed by atoms with E-state index in [1.807, 2.05) is 40.1 Å². The molecular weight excluding hydrogens is 1210 g/mol. The predicted octanol–water partition coefficient (Wildman–Crippen LogP) is 10.7. The van der Waals surface area contributed by atoms with E-state index in [1.165, 1.54) is 29.4 Å². The van der Waals surface area contributed by atoms with Crippen molar-refractivity contribution in [1.82, 2.24) is 49.7 Å². The molecule has 2 aliphatic heterocycles. The van der Waals surface area contributed by atoms with Crippen molar-refractivity contribution in [3.63, 3.8) is 0 Å². The number of carbonyl (C=O) groups excluding carboxylic acids is 7. The van der Waals surface area contributed by atoms with Crippen LogP contribution in [-0.4, -0.2) is 238 Å². The summed E-state index contributed by atoms with van der Waals surface area (Å²) in [6.45, 7) is 32.4. The standard InChI is InChI=1S/C68H101N13O13/c1-63(2,3)89-57(83)76-34-30-74(31-35-77(58(84)90-64(4,5)6)39-43-80(42-38-76)61(87)93-67(13,14)15)55-71-54(70-29-28-69-53(82)50-27-25-48-23-22-46-20-19-21-47-24-26-49(50)52(48)51(46)47)72-56(73-55)75-32-36-78(59(85)91-65(7,8)9)40-44-81(62(88)94-68(16,17)18)45-41-79(37-33-75)60(86)92-66(10,11)12/h19-27H,28-45H2,1-18H3,(H,69,82)(H,70,71,72,73). The summed E-state index contributed by atoms with van der Waals surface area (Å²) in [5, 5.41) is 12.5. The molecule has 0 spiro atoms. The topological polar surface area (TPSA) is 264 Å². The molecule has 0 unspecified atom stereocenters. The maximum atomic E-state index is 14.3. The number of nitrogens with zero attached hydrogens (tertiary/aromatic N) is 11. The number of amides is 7. The SMILES string of the molecule is CC(C)(C)OC(=O)N1CCN(C(=O)OC(C)(C)C)CCN(c2nc(NCCNC(=O)c3ccc4ccc5cccc6ccc3c4c56)nc(N3CCN(C(=O)OC(C)(C)C)CCN(C(=O)OC(C)(C)C)CCN(C(=O)OC(C)(C)C)CC3)n2)CCN(C(=O)OC(C)(C)C)CC1. The van der Waals surface area contributed by atoms with Crippen molar-refractivity contribution in [1.29, 1.82) is 0 Å². The molecule has 2 fully saturated rings. The fourth-order valence-corrected chi connectivity index (χ4v) is 10.4. The molecule has 26 heteroatoms. The molecule has 7 amide bonds. The summed E-state index contributed by atoms with van der Waals surface area (Å²) in [7, 11) is 0. The lowest BCUT2D eigenvalue weighted by Gasteiger charge is -2.36. The van der Waals surface area contributed by atoms with Gasteiger partial charge in [-0.25, -0.2) is 28.8 Å². The lowest BCUT2D eigenvalue weighted by atomic mass is 9.92. The van der Waals surface area contributed by atoms with Gasteiger partial charge in [-0.05, 0) is 163 Å². The Kier molecular flexibility index (Phi) is 23.1.